The van der Waals surface area contributed by atoms with Gasteiger partial charge in [-0.2, -0.15) is 0 Å². The summed E-state index contributed by atoms with van der Waals surface area (Å²) in [5.74, 6) is 0.849. The van der Waals surface area contributed by atoms with Crippen LogP contribution in [0, 0.1) is 5.92 Å². The summed E-state index contributed by atoms with van der Waals surface area (Å²) in [7, 11) is 0. The molecule has 2 aromatic carbocycles. The summed E-state index contributed by atoms with van der Waals surface area (Å²) in [6.07, 6.45) is 1.95. The minimum absolute atomic E-state index is 0.149. The zero-order valence-electron chi connectivity index (χ0n) is 14.9. The van der Waals surface area contributed by atoms with Crippen LogP contribution >= 0.6 is 0 Å². The largest absolute Gasteiger partial charge is 0.378 e. The maximum atomic E-state index is 13.1. The molecule has 1 saturated heterocycles. The Morgan fingerprint density at radius 1 is 1.00 bits per heavy atom. The third-order valence-corrected chi connectivity index (χ3v) is 5.94. The first kappa shape index (κ1) is 15.9. The van der Waals surface area contributed by atoms with Crippen molar-refractivity contribution < 1.29 is 9.53 Å². The second-order valence-electron chi connectivity index (χ2n) is 7.51. The molecule has 5 rings (SSSR count). The van der Waals surface area contributed by atoms with Crippen LogP contribution in [0.15, 0.2) is 48.5 Å². The van der Waals surface area contributed by atoms with Crippen molar-refractivity contribution in [3.8, 4) is 0 Å². The van der Waals surface area contributed by atoms with Crippen LogP contribution in [0.25, 0.3) is 0 Å². The van der Waals surface area contributed by atoms with Crippen LogP contribution in [-0.2, 0) is 16.0 Å². The van der Waals surface area contributed by atoms with Gasteiger partial charge in [-0.3, -0.25) is 4.79 Å². The van der Waals surface area contributed by atoms with E-state index in [2.05, 4.69) is 47.4 Å². The average Bonchev–Trinajstić information content (AvgIpc) is 3.40. The summed E-state index contributed by atoms with van der Waals surface area (Å²) >= 11 is 0. The molecular formula is C22H24N2O2. The number of rotatable bonds is 3. The average molecular weight is 348 g/mol. The summed E-state index contributed by atoms with van der Waals surface area (Å²) in [5, 5.41) is 0. The fraction of sp³-hybridized carbons (Fsp3) is 0.409. The van der Waals surface area contributed by atoms with Gasteiger partial charge in [0.15, 0.2) is 0 Å². The van der Waals surface area contributed by atoms with Gasteiger partial charge in [-0.05, 0) is 42.0 Å². The Balaban J connectivity index is 1.35. The standard InChI is InChI=1S/C22H24N2O2/c25-22(20-15-19(20)16-4-2-1-3-5-16)24-9-8-17-6-7-18(14-21(17)24)23-10-12-26-13-11-23/h1-7,14,19-20H,8-13,15H2. The molecule has 0 aromatic heterocycles. The van der Waals surface area contributed by atoms with E-state index in [1.807, 2.05) is 11.0 Å². The summed E-state index contributed by atoms with van der Waals surface area (Å²) < 4.78 is 5.46. The summed E-state index contributed by atoms with van der Waals surface area (Å²) in [5.41, 5.74) is 4.93. The second-order valence-corrected chi connectivity index (χ2v) is 7.51. The Morgan fingerprint density at radius 2 is 1.81 bits per heavy atom. The van der Waals surface area contributed by atoms with E-state index in [4.69, 9.17) is 4.74 Å². The van der Waals surface area contributed by atoms with Crippen LogP contribution in [0.5, 0.6) is 0 Å². The van der Waals surface area contributed by atoms with Gasteiger partial charge < -0.3 is 14.5 Å². The highest BCUT2D eigenvalue weighted by Crippen LogP contribution is 2.49. The molecule has 2 atom stereocenters. The number of anilines is 2. The van der Waals surface area contributed by atoms with Gasteiger partial charge >= 0.3 is 0 Å². The van der Waals surface area contributed by atoms with Crippen molar-refractivity contribution in [1.82, 2.24) is 0 Å². The van der Waals surface area contributed by atoms with Gasteiger partial charge in [0.25, 0.3) is 0 Å². The second kappa shape index (κ2) is 6.44. The van der Waals surface area contributed by atoms with Crippen molar-refractivity contribution in [1.29, 1.82) is 0 Å². The molecule has 1 saturated carbocycles. The SMILES string of the molecule is O=C(C1CC1c1ccccc1)N1CCc2ccc(N3CCOCC3)cc21. The molecule has 2 heterocycles. The van der Waals surface area contributed by atoms with Gasteiger partial charge in [0, 0.05) is 36.9 Å². The first-order valence-corrected chi connectivity index (χ1v) is 9.63. The van der Waals surface area contributed by atoms with Crippen molar-refractivity contribution >= 4 is 17.3 Å². The van der Waals surface area contributed by atoms with E-state index in [0.717, 1.165) is 51.4 Å². The van der Waals surface area contributed by atoms with Gasteiger partial charge in [0.1, 0.15) is 0 Å². The predicted octanol–water partition coefficient (Wildman–Crippen LogP) is 3.22. The number of hydrogen-bond acceptors (Lipinski definition) is 3. The normalized spacial score (nSPS) is 24.5. The quantitative estimate of drug-likeness (QED) is 0.854. The molecule has 26 heavy (non-hydrogen) atoms. The molecule has 4 nitrogen and oxygen atoms in total. The Morgan fingerprint density at radius 3 is 2.62 bits per heavy atom. The lowest BCUT2D eigenvalue weighted by atomic mass is 10.1. The Bertz CT molecular complexity index is 814. The number of carbonyl (C=O) groups excluding carboxylic acids is 1. The molecule has 2 aliphatic heterocycles. The van der Waals surface area contributed by atoms with Gasteiger partial charge in [0.2, 0.25) is 5.91 Å². The molecule has 2 fully saturated rings. The number of carbonyl (C=O) groups is 1. The number of amides is 1. The third kappa shape index (κ3) is 2.78. The minimum Gasteiger partial charge on any atom is -0.378 e. The molecule has 0 spiro atoms. The topological polar surface area (TPSA) is 32.8 Å². The predicted molar refractivity (Wildman–Crippen MR) is 103 cm³/mol. The molecule has 0 radical (unpaired) electrons. The van der Waals surface area contributed by atoms with Crippen LogP contribution in [-0.4, -0.2) is 38.8 Å². The monoisotopic (exact) mass is 348 g/mol. The molecular weight excluding hydrogens is 324 g/mol. The van der Waals surface area contributed by atoms with E-state index >= 15 is 0 Å². The van der Waals surface area contributed by atoms with Crippen molar-refractivity contribution in [2.24, 2.45) is 5.92 Å². The Hall–Kier alpha value is -2.33. The molecule has 1 amide bonds. The van der Waals surface area contributed by atoms with Crippen molar-refractivity contribution in [2.75, 3.05) is 42.6 Å². The first-order valence-electron chi connectivity index (χ1n) is 9.63. The maximum Gasteiger partial charge on any atom is 0.230 e. The minimum atomic E-state index is 0.149. The molecule has 4 heteroatoms. The van der Waals surface area contributed by atoms with Crippen LogP contribution in [0.2, 0.25) is 0 Å². The lowest BCUT2D eigenvalue weighted by molar-refractivity contribution is -0.119. The molecule has 1 aliphatic carbocycles. The van der Waals surface area contributed by atoms with Gasteiger partial charge in [0.05, 0.1) is 13.2 Å². The molecule has 2 unspecified atom stereocenters. The molecule has 2 aromatic rings. The van der Waals surface area contributed by atoms with Crippen LogP contribution in [0.4, 0.5) is 11.4 Å². The molecule has 3 aliphatic rings. The summed E-state index contributed by atoms with van der Waals surface area (Å²) in [6.45, 7) is 4.22. The highest BCUT2D eigenvalue weighted by molar-refractivity contribution is 5.99. The van der Waals surface area contributed by atoms with Crippen molar-refractivity contribution in [3.63, 3.8) is 0 Å². The van der Waals surface area contributed by atoms with Gasteiger partial charge in [-0.25, -0.2) is 0 Å². The molecule has 0 N–H and O–H groups in total. The first-order chi connectivity index (χ1) is 12.8. The van der Waals surface area contributed by atoms with E-state index in [1.54, 1.807) is 0 Å². The van der Waals surface area contributed by atoms with Gasteiger partial charge in [-0.1, -0.05) is 36.4 Å². The zero-order chi connectivity index (χ0) is 17.5. The highest BCUT2D eigenvalue weighted by atomic mass is 16.5. The number of fused-ring (bicyclic) bond motifs is 1. The highest BCUT2D eigenvalue weighted by Gasteiger charge is 2.46. The molecule has 134 valence electrons. The lowest BCUT2D eigenvalue weighted by Crippen LogP contribution is -2.36. The Kier molecular flexibility index (Phi) is 3.93. The van der Waals surface area contributed by atoms with E-state index < -0.39 is 0 Å². The summed E-state index contributed by atoms with van der Waals surface area (Å²) in [4.78, 5) is 17.5. The fourth-order valence-electron chi connectivity index (χ4n) is 4.35. The van der Waals surface area contributed by atoms with E-state index in [0.29, 0.717) is 11.8 Å². The van der Waals surface area contributed by atoms with E-state index in [1.165, 1.54) is 16.8 Å². The Labute approximate surface area is 154 Å². The van der Waals surface area contributed by atoms with Crippen LogP contribution < -0.4 is 9.80 Å². The number of morpholine rings is 1. The van der Waals surface area contributed by atoms with E-state index in [-0.39, 0.29) is 5.92 Å². The summed E-state index contributed by atoms with van der Waals surface area (Å²) in [6, 6.07) is 17.1. The van der Waals surface area contributed by atoms with Crippen molar-refractivity contribution in [2.45, 2.75) is 18.8 Å². The lowest BCUT2D eigenvalue weighted by Gasteiger charge is -2.29. The fourth-order valence-corrected chi connectivity index (χ4v) is 4.35. The van der Waals surface area contributed by atoms with Crippen LogP contribution in [0.3, 0.4) is 0 Å². The number of benzene rings is 2. The molecule has 0 bridgehead atoms. The van der Waals surface area contributed by atoms with E-state index in [9.17, 15) is 4.79 Å². The van der Waals surface area contributed by atoms with Gasteiger partial charge in [-0.15, -0.1) is 0 Å². The zero-order valence-corrected chi connectivity index (χ0v) is 14.9. The number of ether oxygens (including phenoxy) is 1. The van der Waals surface area contributed by atoms with Crippen LogP contribution in [0.1, 0.15) is 23.5 Å². The number of nitrogens with zero attached hydrogens (tertiary/aromatic N) is 2. The van der Waals surface area contributed by atoms with Crippen molar-refractivity contribution in [3.05, 3.63) is 59.7 Å². The third-order valence-electron chi connectivity index (χ3n) is 5.94. The smallest absolute Gasteiger partial charge is 0.230 e. The number of hydrogen-bond donors (Lipinski definition) is 0. The maximum absolute atomic E-state index is 13.1.